The molecule has 0 unspecified atom stereocenters. The Morgan fingerprint density at radius 3 is 2.48 bits per heavy atom. The van der Waals surface area contributed by atoms with Gasteiger partial charge in [-0.1, -0.05) is 23.8 Å². The van der Waals surface area contributed by atoms with E-state index in [0.29, 0.717) is 0 Å². The van der Waals surface area contributed by atoms with Crippen LogP contribution in [0.25, 0.3) is 0 Å². The maximum Gasteiger partial charge on any atom is 0.297 e. The van der Waals surface area contributed by atoms with Crippen LogP contribution in [0.4, 0.5) is 0 Å². The first-order valence-corrected chi connectivity index (χ1v) is 8.09. The van der Waals surface area contributed by atoms with Gasteiger partial charge in [0.1, 0.15) is 12.2 Å². The molecule has 5 nitrogen and oxygen atoms in total. The number of hydrogen-bond donors (Lipinski definition) is 0. The van der Waals surface area contributed by atoms with Crippen LogP contribution < -0.4 is 0 Å². The van der Waals surface area contributed by atoms with Crippen LogP contribution in [0.2, 0.25) is 0 Å². The summed E-state index contributed by atoms with van der Waals surface area (Å²) in [6.45, 7) is 8.96. The van der Waals surface area contributed by atoms with E-state index in [-0.39, 0.29) is 11.5 Å². The topological polar surface area (TPSA) is 61.8 Å². The van der Waals surface area contributed by atoms with Gasteiger partial charge in [0.05, 0.1) is 11.5 Å². The molecule has 2 atom stereocenters. The fourth-order valence-corrected chi connectivity index (χ4v) is 3.04. The Labute approximate surface area is 125 Å². The molecule has 0 radical (unpaired) electrons. The summed E-state index contributed by atoms with van der Waals surface area (Å²) in [7, 11) is -3.80. The predicted molar refractivity (Wildman–Crippen MR) is 78.3 cm³/mol. The van der Waals surface area contributed by atoms with E-state index < -0.39 is 28.1 Å². The van der Waals surface area contributed by atoms with E-state index in [1.165, 1.54) is 12.1 Å². The van der Waals surface area contributed by atoms with Crippen LogP contribution in [0.1, 0.15) is 19.4 Å². The molecule has 0 amide bonds. The van der Waals surface area contributed by atoms with Gasteiger partial charge in [-0.05, 0) is 32.9 Å². The molecule has 6 heteroatoms. The van der Waals surface area contributed by atoms with Gasteiger partial charge in [-0.2, -0.15) is 8.42 Å². The van der Waals surface area contributed by atoms with Crippen molar-refractivity contribution in [2.75, 3.05) is 6.61 Å². The molecule has 0 bridgehead atoms. The second-order valence-corrected chi connectivity index (χ2v) is 7.04. The van der Waals surface area contributed by atoms with E-state index in [2.05, 4.69) is 6.58 Å². The number of benzene rings is 1. The van der Waals surface area contributed by atoms with E-state index >= 15 is 0 Å². The van der Waals surface area contributed by atoms with E-state index in [1.807, 2.05) is 6.92 Å². The van der Waals surface area contributed by atoms with Gasteiger partial charge in [-0.15, -0.1) is 6.58 Å². The zero-order valence-electron chi connectivity index (χ0n) is 12.4. The third-order valence-electron chi connectivity index (χ3n) is 3.15. The van der Waals surface area contributed by atoms with Gasteiger partial charge in [0, 0.05) is 0 Å². The largest absolute Gasteiger partial charge is 0.342 e. The average molecular weight is 312 g/mol. The van der Waals surface area contributed by atoms with E-state index in [9.17, 15) is 8.42 Å². The molecular formula is C15H20O5S. The van der Waals surface area contributed by atoms with Gasteiger partial charge in [0.2, 0.25) is 0 Å². The van der Waals surface area contributed by atoms with Crippen molar-refractivity contribution in [1.29, 1.82) is 0 Å². The molecule has 0 aliphatic carbocycles. The maximum atomic E-state index is 12.1. The summed E-state index contributed by atoms with van der Waals surface area (Å²) in [6.07, 6.45) is 0.687. The molecule has 21 heavy (non-hydrogen) atoms. The minimum atomic E-state index is -3.80. The van der Waals surface area contributed by atoms with Crippen LogP contribution in [-0.4, -0.2) is 33.0 Å². The summed E-state index contributed by atoms with van der Waals surface area (Å²) in [5.41, 5.74) is 0.981. The van der Waals surface area contributed by atoms with Crippen LogP contribution in [0.5, 0.6) is 0 Å². The van der Waals surface area contributed by atoms with Crippen molar-refractivity contribution >= 4 is 10.1 Å². The van der Waals surface area contributed by atoms with Crippen molar-refractivity contribution < 1.29 is 22.1 Å². The monoisotopic (exact) mass is 312 g/mol. The highest BCUT2D eigenvalue weighted by Gasteiger charge is 2.40. The summed E-state index contributed by atoms with van der Waals surface area (Å²) in [4.78, 5) is 0.126. The zero-order valence-corrected chi connectivity index (χ0v) is 13.2. The summed E-state index contributed by atoms with van der Waals surface area (Å²) >= 11 is 0. The van der Waals surface area contributed by atoms with Crippen molar-refractivity contribution in [1.82, 2.24) is 0 Å². The molecule has 0 N–H and O–H groups in total. The molecule has 116 valence electrons. The Balaban J connectivity index is 2.05. The Morgan fingerprint density at radius 1 is 1.29 bits per heavy atom. The molecule has 0 spiro atoms. The SMILES string of the molecule is C=C[C@H]1OC(C)(C)O[C@H]1COS(=O)(=O)c1ccc(C)cc1. The first kappa shape index (κ1) is 16.2. The third kappa shape index (κ3) is 3.91. The smallest absolute Gasteiger partial charge is 0.297 e. The van der Waals surface area contributed by atoms with E-state index in [1.54, 1.807) is 32.1 Å². The van der Waals surface area contributed by atoms with Crippen LogP contribution in [0.3, 0.4) is 0 Å². The van der Waals surface area contributed by atoms with Crippen LogP contribution >= 0.6 is 0 Å². The molecule has 0 saturated carbocycles. The predicted octanol–water partition coefficient (Wildman–Crippen LogP) is 2.41. The van der Waals surface area contributed by atoms with E-state index in [4.69, 9.17) is 13.7 Å². The van der Waals surface area contributed by atoms with Gasteiger partial charge in [-0.3, -0.25) is 4.18 Å². The molecule has 1 fully saturated rings. The Bertz CT molecular complexity index is 603. The Morgan fingerprint density at radius 2 is 1.90 bits per heavy atom. The molecule has 1 heterocycles. The average Bonchev–Trinajstić information content (AvgIpc) is 2.72. The van der Waals surface area contributed by atoms with Crippen LogP contribution in [0.15, 0.2) is 41.8 Å². The van der Waals surface area contributed by atoms with Crippen molar-refractivity contribution in [2.45, 2.75) is 43.7 Å². The van der Waals surface area contributed by atoms with Crippen LogP contribution in [0, 0.1) is 6.92 Å². The lowest BCUT2D eigenvalue weighted by atomic mass is 10.2. The van der Waals surface area contributed by atoms with Crippen molar-refractivity contribution in [3.8, 4) is 0 Å². The molecule has 2 rings (SSSR count). The summed E-state index contributed by atoms with van der Waals surface area (Å²) in [6, 6.07) is 6.49. The van der Waals surface area contributed by atoms with Crippen molar-refractivity contribution in [2.24, 2.45) is 0 Å². The number of ether oxygens (including phenoxy) is 2. The third-order valence-corrected chi connectivity index (χ3v) is 4.45. The fourth-order valence-electron chi connectivity index (χ4n) is 2.12. The minimum absolute atomic E-state index is 0.115. The lowest BCUT2D eigenvalue weighted by molar-refractivity contribution is -0.145. The standard InChI is InChI=1S/C15H20O5S/c1-5-13-14(20-15(3,4)19-13)10-18-21(16,17)12-8-6-11(2)7-9-12/h5-9,13-14H,1,10H2,2-4H3/t13-,14+/m1/s1. The van der Waals surface area contributed by atoms with Gasteiger partial charge >= 0.3 is 0 Å². The molecule has 1 aromatic rings. The van der Waals surface area contributed by atoms with Gasteiger partial charge in [0.15, 0.2) is 5.79 Å². The molecular weight excluding hydrogens is 292 g/mol. The van der Waals surface area contributed by atoms with Crippen molar-refractivity contribution in [3.05, 3.63) is 42.5 Å². The summed E-state index contributed by atoms with van der Waals surface area (Å²) in [5.74, 6) is -0.777. The second kappa shape index (κ2) is 5.88. The highest BCUT2D eigenvalue weighted by Crippen LogP contribution is 2.29. The van der Waals surface area contributed by atoms with Gasteiger partial charge in [0.25, 0.3) is 10.1 Å². The second-order valence-electron chi connectivity index (χ2n) is 5.43. The summed E-state index contributed by atoms with van der Waals surface area (Å²) < 4.78 is 40.5. The van der Waals surface area contributed by atoms with E-state index in [0.717, 1.165) is 5.56 Å². The normalized spacial score (nSPS) is 24.9. The first-order valence-electron chi connectivity index (χ1n) is 6.68. The number of hydrogen-bond acceptors (Lipinski definition) is 5. The highest BCUT2D eigenvalue weighted by atomic mass is 32.2. The maximum absolute atomic E-state index is 12.1. The quantitative estimate of drug-likeness (QED) is 0.617. The first-order chi connectivity index (χ1) is 9.73. The van der Waals surface area contributed by atoms with Crippen LogP contribution in [-0.2, 0) is 23.8 Å². The molecule has 1 aliphatic heterocycles. The highest BCUT2D eigenvalue weighted by molar-refractivity contribution is 7.86. The number of rotatable bonds is 5. The number of aryl methyl sites for hydroxylation is 1. The van der Waals surface area contributed by atoms with Crippen molar-refractivity contribution in [3.63, 3.8) is 0 Å². The zero-order chi connectivity index (χ0) is 15.7. The minimum Gasteiger partial charge on any atom is -0.342 e. The molecule has 1 saturated heterocycles. The molecule has 1 aliphatic rings. The molecule has 0 aromatic heterocycles. The van der Waals surface area contributed by atoms with Gasteiger partial charge < -0.3 is 9.47 Å². The lowest BCUT2D eigenvalue weighted by Gasteiger charge is -2.16. The fraction of sp³-hybridized carbons (Fsp3) is 0.467. The van der Waals surface area contributed by atoms with Gasteiger partial charge in [-0.25, -0.2) is 0 Å². The Hall–Kier alpha value is -1.21. The lowest BCUT2D eigenvalue weighted by Crippen LogP contribution is -2.28. The molecule has 1 aromatic carbocycles. The summed E-state index contributed by atoms with van der Waals surface area (Å²) in [5, 5.41) is 0. The Kier molecular flexibility index (Phi) is 4.53.